The molecule has 0 aliphatic rings. The van der Waals surface area contributed by atoms with Gasteiger partial charge in [0.2, 0.25) is 0 Å². The van der Waals surface area contributed by atoms with E-state index in [1.807, 2.05) is 12.1 Å². The summed E-state index contributed by atoms with van der Waals surface area (Å²) in [5, 5.41) is 20.3. The van der Waals surface area contributed by atoms with Crippen LogP contribution in [0.25, 0.3) is 10.9 Å². The van der Waals surface area contributed by atoms with E-state index in [1.165, 1.54) is 6.07 Å². The van der Waals surface area contributed by atoms with E-state index < -0.39 is 5.97 Å². The lowest BCUT2D eigenvalue weighted by Crippen LogP contribution is -2.12. The Kier molecular flexibility index (Phi) is 4.13. The summed E-state index contributed by atoms with van der Waals surface area (Å²) in [5.74, 6) is -1.27. The van der Waals surface area contributed by atoms with Gasteiger partial charge in [-0.05, 0) is 42.0 Å². The Morgan fingerprint density at radius 2 is 2.04 bits per heavy atom. The molecule has 0 saturated heterocycles. The fourth-order valence-corrected chi connectivity index (χ4v) is 2.84. The molecule has 8 nitrogen and oxygen atoms in total. The first-order chi connectivity index (χ1) is 13.1. The van der Waals surface area contributed by atoms with Crippen LogP contribution in [0, 0.1) is 0 Å². The Morgan fingerprint density at radius 3 is 2.81 bits per heavy atom. The standard InChI is InChI=1S/C19H15N5O3/c25-18(13-3-1-2-12(8-13)11-24-7-6-20-23-24)21-15-4-5-16-14(9-15)10-17(22-16)19(26)27/h1-10,22H,11H2,(H,21,25)(H,26,27). The average Bonchev–Trinajstić information content (AvgIpc) is 3.31. The van der Waals surface area contributed by atoms with E-state index in [9.17, 15) is 9.59 Å². The van der Waals surface area contributed by atoms with E-state index in [0.29, 0.717) is 28.7 Å². The number of aromatic nitrogens is 4. The van der Waals surface area contributed by atoms with Gasteiger partial charge < -0.3 is 15.4 Å². The van der Waals surface area contributed by atoms with Crippen molar-refractivity contribution < 1.29 is 14.7 Å². The number of fused-ring (bicyclic) bond motifs is 1. The largest absolute Gasteiger partial charge is 0.477 e. The molecule has 0 aliphatic heterocycles. The van der Waals surface area contributed by atoms with Crippen LogP contribution in [0.5, 0.6) is 0 Å². The van der Waals surface area contributed by atoms with Crippen molar-refractivity contribution in [2.45, 2.75) is 6.54 Å². The molecule has 1 amide bonds. The maximum absolute atomic E-state index is 12.6. The van der Waals surface area contributed by atoms with Gasteiger partial charge in [0.25, 0.3) is 5.91 Å². The molecule has 4 aromatic rings. The Bertz CT molecular complexity index is 1130. The molecule has 0 atom stereocenters. The van der Waals surface area contributed by atoms with E-state index in [4.69, 9.17) is 5.11 Å². The zero-order chi connectivity index (χ0) is 18.8. The van der Waals surface area contributed by atoms with E-state index >= 15 is 0 Å². The third kappa shape index (κ3) is 3.54. The van der Waals surface area contributed by atoms with Crippen LogP contribution in [0.4, 0.5) is 5.69 Å². The third-order valence-corrected chi connectivity index (χ3v) is 4.11. The van der Waals surface area contributed by atoms with Gasteiger partial charge in [0, 0.05) is 28.4 Å². The van der Waals surface area contributed by atoms with Crippen LogP contribution < -0.4 is 5.32 Å². The van der Waals surface area contributed by atoms with Crippen LogP contribution in [0.1, 0.15) is 26.4 Å². The lowest BCUT2D eigenvalue weighted by atomic mass is 10.1. The van der Waals surface area contributed by atoms with Gasteiger partial charge in [-0.3, -0.25) is 4.79 Å². The number of carboxylic acid groups (broad SMARTS) is 1. The zero-order valence-electron chi connectivity index (χ0n) is 14.1. The normalized spacial score (nSPS) is 10.8. The van der Waals surface area contributed by atoms with Gasteiger partial charge >= 0.3 is 5.97 Å². The molecule has 134 valence electrons. The Balaban J connectivity index is 1.53. The Morgan fingerprint density at radius 1 is 1.15 bits per heavy atom. The Hall–Kier alpha value is -3.94. The summed E-state index contributed by atoms with van der Waals surface area (Å²) in [4.78, 5) is 26.4. The minimum atomic E-state index is -1.03. The van der Waals surface area contributed by atoms with E-state index in [1.54, 1.807) is 47.4 Å². The number of hydrogen-bond acceptors (Lipinski definition) is 4. The zero-order valence-corrected chi connectivity index (χ0v) is 14.1. The van der Waals surface area contributed by atoms with Gasteiger partial charge in [0.1, 0.15) is 5.69 Å². The summed E-state index contributed by atoms with van der Waals surface area (Å²) >= 11 is 0. The van der Waals surface area contributed by atoms with Gasteiger partial charge in [-0.15, -0.1) is 5.10 Å². The van der Waals surface area contributed by atoms with Crippen LogP contribution in [0.2, 0.25) is 0 Å². The minimum Gasteiger partial charge on any atom is -0.477 e. The van der Waals surface area contributed by atoms with Gasteiger partial charge in [0.05, 0.1) is 12.7 Å². The highest BCUT2D eigenvalue weighted by molar-refractivity contribution is 6.05. The van der Waals surface area contributed by atoms with Crippen LogP contribution >= 0.6 is 0 Å². The predicted molar refractivity (Wildman–Crippen MR) is 98.8 cm³/mol. The fourth-order valence-electron chi connectivity index (χ4n) is 2.84. The highest BCUT2D eigenvalue weighted by Gasteiger charge is 2.10. The van der Waals surface area contributed by atoms with Crippen LogP contribution in [-0.4, -0.2) is 37.0 Å². The number of nitrogens with zero attached hydrogens (tertiary/aromatic N) is 3. The predicted octanol–water partition coefficient (Wildman–Crippen LogP) is 2.76. The molecule has 3 N–H and O–H groups in total. The Labute approximate surface area is 153 Å². The van der Waals surface area contributed by atoms with Crippen LogP contribution in [0.3, 0.4) is 0 Å². The average molecular weight is 361 g/mol. The van der Waals surface area contributed by atoms with Crippen molar-refractivity contribution in [1.29, 1.82) is 0 Å². The maximum Gasteiger partial charge on any atom is 0.352 e. The molecule has 0 spiro atoms. The van der Waals surface area contributed by atoms with Crippen molar-refractivity contribution in [3.8, 4) is 0 Å². The number of aromatic amines is 1. The van der Waals surface area contributed by atoms with E-state index in [0.717, 1.165) is 5.56 Å². The SMILES string of the molecule is O=C(Nc1ccc2[nH]c(C(=O)O)cc2c1)c1cccc(Cn2ccnn2)c1. The molecule has 0 bridgehead atoms. The van der Waals surface area contributed by atoms with Crippen molar-refractivity contribution in [3.05, 3.63) is 77.7 Å². The fraction of sp³-hybridized carbons (Fsp3) is 0.0526. The number of anilines is 1. The number of carbonyl (C=O) groups excluding carboxylic acids is 1. The second-order valence-electron chi connectivity index (χ2n) is 6.05. The first-order valence-corrected chi connectivity index (χ1v) is 8.19. The van der Waals surface area contributed by atoms with E-state index in [-0.39, 0.29) is 11.6 Å². The molecular formula is C19H15N5O3. The topological polar surface area (TPSA) is 113 Å². The number of rotatable bonds is 5. The second kappa shape index (κ2) is 6.75. The first kappa shape index (κ1) is 16.5. The van der Waals surface area contributed by atoms with Crippen molar-refractivity contribution in [1.82, 2.24) is 20.0 Å². The van der Waals surface area contributed by atoms with E-state index in [2.05, 4.69) is 20.6 Å². The minimum absolute atomic E-state index is 0.106. The molecule has 2 aromatic heterocycles. The molecular weight excluding hydrogens is 346 g/mol. The lowest BCUT2D eigenvalue weighted by Gasteiger charge is -2.07. The molecule has 0 aliphatic carbocycles. The quantitative estimate of drug-likeness (QED) is 0.506. The maximum atomic E-state index is 12.6. The van der Waals surface area contributed by atoms with Gasteiger partial charge in [-0.1, -0.05) is 17.3 Å². The molecule has 2 aromatic carbocycles. The smallest absolute Gasteiger partial charge is 0.352 e. The lowest BCUT2D eigenvalue weighted by molar-refractivity contribution is 0.0691. The summed E-state index contributed by atoms with van der Waals surface area (Å²) < 4.78 is 1.68. The van der Waals surface area contributed by atoms with Crippen molar-refractivity contribution in [2.24, 2.45) is 0 Å². The number of aromatic carboxylic acids is 1. The highest BCUT2D eigenvalue weighted by atomic mass is 16.4. The molecule has 0 unspecified atom stereocenters. The third-order valence-electron chi connectivity index (χ3n) is 4.11. The van der Waals surface area contributed by atoms with Gasteiger partial charge in [-0.2, -0.15) is 0 Å². The van der Waals surface area contributed by atoms with Crippen molar-refractivity contribution in [2.75, 3.05) is 5.32 Å². The van der Waals surface area contributed by atoms with Gasteiger partial charge in [-0.25, -0.2) is 9.48 Å². The molecule has 0 radical (unpaired) electrons. The van der Waals surface area contributed by atoms with Crippen LogP contribution in [0.15, 0.2) is 60.9 Å². The second-order valence-corrected chi connectivity index (χ2v) is 6.05. The number of hydrogen-bond donors (Lipinski definition) is 3. The summed E-state index contributed by atoms with van der Waals surface area (Å²) in [5.41, 5.74) is 2.84. The number of carbonyl (C=O) groups is 2. The number of benzene rings is 2. The van der Waals surface area contributed by atoms with Crippen molar-refractivity contribution >= 4 is 28.5 Å². The molecule has 2 heterocycles. The van der Waals surface area contributed by atoms with Gasteiger partial charge in [0.15, 0.2) is 0 Å². The summed E-state index contributed by atoms with van der Waals surface area (Å²) in [6.45, 7) is 0.522. The molecule has 0 saturated carbocycles. The monoisotopic (exact) mass is 361 g/mol. The molecule has 0 fully saturated rings. The first-order valence-electron chi connectivity index (χ1n) is 8.19. The highest BCUT2D eigenvalue weighted by Crippen LogP contribution is 2.21. The molecule has 27 heavy (non-hydrogen) atoms. The number of nitrogens with one attached hydrogen (secondary N) is 2. The summed E-state index contributed by atoms with van der Waals surface area (Å²) in [7, 11) is 0. The summed E-state index contributed by atoms with van der Waals surface area (Å²) in [6.07, 6.45) is 3.35. The number of carboxylic acids is 1. The molecule has 8 heteroatoms. The number of H-pyrrole nitrogens is 1. The number of amides is 1. The van der Waals surface area contributed by atoms with Crippen molar-refractivity contribution in [3.63, 3.8) is 0 Å². The molecule has 4 rings (SSSR count). The van der Waals surface area contributed by atoms with Crippen LogP contribution in [-0.2, 0) is 6.54 Å². The summed E-state index contributed by atoms with van der Waals surface area (Å²) in [6, 6.07) is 14.0.